The third-order valence-electron chi connectivity index (χ3n) is 5.58. The highest BCUT2D eigenvalue weighted by Crippen LogP contribution is 2.29. The van der Waals surface area contributed by atoms with Gasteiger partial charge in [0.2, 0.25) is 0 Å². The first-order valence-electron chi connectivity index (χ1n) is 10.7. The number of carbonyl (C=O) groups is 2. The van der Waals surface area contributed by atoms with Gasteiger partial charge >= 0.3 is 12.3 Å². The van der Waals surface area contributed by atoms with Crippen molar-refractivity contribution in [1.82, 2.24) is 14.7 Å². The van der Waals surface area contributed by atoms with Crippen LogP contribution in [0.4, 0.5) is 18.0 Å². The zero-order chi connectivity index (χ0) is 22.8. The molecule has 2 aliphatic heterocycles. The van der Waals surface area contributed by atoms with Crippen molar-refractivity contribution in [1.29, 1.82) is 0 Å². The molecule has 1 unspecified atom stereocenters. The second kappa shape index (κ2) is 9.06. The fourth-order valence-corrected chi connectivity index (χ4v) is 4.03. The van der Waals surface area contributed by atoms with E-state index >= 15 is 0 Å². The molecule has 6 nitrogen and oxygen atoms in total. The van der Waals surface area contributed by atoms with Crippen LogP contribution < -0.4 is 0 Å². The lowest BCUT2D eigenvalue weighted by Gasteiger charge is -2.45. The number of amides is 2. The highest BCUT2D eigenvalue weighted by Gasteiger charge is 2.36. The molecule has 172 valence electrons. The zero-order valence-corrected chi connectivity index (χ0v) is 18.2. The fourth-order valence-electron chi connectivity index (χ4n) is 4.03. The number of nitrogens with zero attached hydrogens (tertiary/aromatic N) is 3. The highest BCUT2D eigenvalue weighted by molar-refractivity contribution is 5.94. The van der Waals surface area contributed by atoms with Crippen LogP contribution in [0.3, 0.4) is 0 Å². The normalized spacial score (nSPS) is 21.2. The standard InChI is InChI=1S/C22H30F3N3O3/c1-21(2,3)31-20(30)28-11-5-4-6-18(28)26-12-14-27(15-13-26)19(29)16-7-9-17(10-8-16)22(23,24)25/h7-10,18H,4-6,11-15H2,1-3H3. The Morgan fingerprint density at radius 1 is 0.935 bits per heavy atom. The lowest BCUT2D eigenvalue weighted by atomic mass is 10.1. The van der Waals surface area contributed by atoms with E-state index in [-0.39, 0.29) is 23.7 Å². The van der Waals surface area contributed by atoms with Crippen LogP contribution in [0.2, 0.25) is 0 Å². The molecule has 1 aromatic carbocycles. The Kier molecular flexibility index (Phi) is 6.83. The van der Waals surface area contributed by atoms with Gasteiger partial charge in [-0.3, -0.25) is 14.6 Å². The summed E-state index contributed by atoms with van der Waals surface area (Å²) in [6.45, 7) is 8.27. The summed E-state index contributed by atoms with van der Waals surface area (Å²) >= 11 is 0. The van der Waals surface area contributed by atoms with Crippen LogP contribution in [0, 0.1) is 0 Å². The molecule has 1 atom stereocenters. The Morgan fingerprint density at radius 2 is 1.55 bits per heavy atom. The number of ether oxygens (including phenoxy) is 1. The molecule has 2 amide bonds. The molecule has 2 saturated heterocycles. The second-order valence-corrected chi connectivity index (χ2v) is 9.05. The first-order valence-corrected chi connectivity index (χ1v) is 10.7. The van der Waals surface area contributed by atoms with E-state index in [1.54, 1.807) is 9.80 Å². The van der Waals surface area contributed by atoms with Crippen LogP contribution in [-0.4, -0.2) is 71.2 Å². The summed E-state index contributed by atoms with van der Waals surface area (Å²) in [6, 6.07) is 4.32. The molecule has 9 heteroatoms. The monoisotopic (exact) mass is 441 g/mol. The fraction of sp³-hybridized carbons (Fsp3) is 0.636. The number of piperidine rings is 1. The lowest BCUT2D eigenvalue weighted by molar-refractivity contribution is -0.137. The third kappa shape index (κ3) is 5.90. The molecule has 0 N–H and O–H groups in total. The van der Waals surface area contributed by atoms with E-state index in [1.165, 1.54) is 12.1 Å². The van der Waals surface area contributed by atoms with Crippen LogP contribution in [-0.2, 0) is 10.9 Å². The highest BCUT2D eigenvalue weighted by atomic mass is 19.4. The SMILES string of the molecule is CC(C)(C)OC(=O)N1CCCCC1N1CCN(C(=O)c2ccc(C(F)(F)F)cc2)CC1. The maximum Gasteiger partial charge on any atom is 0.416 e. The molecule has 3 rings (SSSR count). The van der Waals surface area contributed by atoms with Crippen LogP contribution in [0.5, 0.6) is 0 Å². The molecule has 2 aliphatic rings. The van der Waals surface area contributed by atoms with Gasteiger partial charge in [-0.25, -0.2) is 4.79 Å². The van der Waals surface area contributed by atoms with E-state index in [9.17, 15) is 22.8 Å². The molecule has 0 aliphatic carbocycles. The molecular weight excluding hydrogens is 411 g/mol. The number of carbonyl (C=O) groups excluding carboxylic acids is 2. The number of halogens is 3. The molecule has 0 bridgehead atoms. The van der Waals surface area contributed by atoms with Crippen LogP contribution >= 0.6 is 0 Å². The zero-order valence-electron chi connectivity index (χ0n) is 18.2. The number of hydrogen-bond donors (Lipinski definition) is 0. The van der Waals surface area contributed by atoms with Gasteiger partial charge in [0.15, 0.2) is 0 Å². The van der Waals surface area contributed by atoms with Gasteiger partial charge in [0.05, 0.1) is 11.7 Å². The quantitative estimate of drug-likeness (QED) is 0.690. The van der Waals surface area contributed by atoms with Crippen LogP contribution in [0.1, 0.15) is 56.0 Å². The minimum absolute atomic E-state index is 0.0630. The van der Waals surface area contributed by atoms with Crippen LogP contribution in [0.15, 0.2) is 24.3 Å². The first kappa shape index (κ1) is 23.4. The van der Waals surface area contributed by atoms with E-state index in [1.807, 2.05) is 20.8 Å². The maximum atomic E-state index is 12.7. The van der Waals surface area contributed by atoms with Gasteiger partial charge in [-0.1, -0.05) is 0 Å². The summed E-state index contributed by atoms with van der Waals surface area (Å²) in [7, 11) is 0. The summed E-state index contributed by atoms with van der Waals surface area (Å²) in [5, 5.41) is 0. The first-order chi connectivity index (χ1) is 14.5. The topological polar surface area (TPSA) is 53.1 Å². The molecule has 0 saturated carbocycles. The molecule has 1 aromatic rings. The van der Waals surface area contributed by atoms with E-state index in [0.29, 0.717) is 32.7 Å². The van der Waals surface area contributed by atoms with Crippen molar-refractivity contribution in [2.75, 3.05) is 32.7 Å². The van der Waals surface area contributed by atoms with Crippen molar-refractivity contribution in [3.63, 3.8) is 0 Å². The maximum absolute atomic E-state index is 12.7. The predicted octanol–water partition coefficient (Wildman–Crippen LogP) is 4.21. The average Bonchev–Trinajstić information content (AvgIpc) is 2.71. The minimum atomic E-state index is -4.42. The number of piperazine rings is 1. The molecule has 0 spiro atoms. The lowest BCUT2D eigenvalue weighted by Crippen LogP contribution is -2.59. The van der Waals surface area contributed by atoms with Crippen molar-refractivity contribution in [2.45, 2.75) is 58.0 Å². The Labute approximate surface area is 180 Å². The van der Waals surface area contributed by atoms with Crippen molar-refractivity contribution in [3.05, 3.63) is 35.4 Å². The van der Waals surface area contributed by atoms with E-state index < -0.39 is 17.3 Å². The Bertz CT molecular complexity index is 782. The van der Waals surface area contributed by atoms with E-state index in [0.717, 1.165) is 31.4 Å². The number of likely N-dealkylation sites (tertiary alicyclic amines) is 1. The molecule has 0 radical (unpaired) electrons. The third-order valence-corrected chi connectivity index (χ3v) is 5.58. The molecule has 0 aromatic heterocycles. The van der Waals surface area contributed by atoms with E-state index in [2.05, 4.69) is 4.90 Å². The van der Waals surface area contributed by atoms with Crippen molar-refractivity contribution >= 4 is 12.0 Å². The summed E-state index contributed by atoms with van der Waals surface area (Å²) in [5.41, 5.74) is -1.09. The number of hydrogen-bond acceptors (Lipinski definition) is 4. The minimum Gasteiger partial charge on any atom is -0.444 e. The molecule has 31 heavy (non-hydrogen) atoms. The van der Waals surface area contributed by atoms with Gasteiger partial charge in [-0.15, -0.1) is 0 Å². The van der Waals surface area contributed by atoms with Crippen LogP contribution in [0.25, 0.3) is 0 Å². The van der Waals surface area contributed by atoms with Gasteiger partial charge in [0.1, 0.15) is 5.60 Å². The number of benzene rings is 1. The Balaban J connectivity index is 1.60. The predicted molar refractivity (Wildman–Crippen MR) is 109 cm³/mol. The Morgan fingerprint density at radius 3 is 2.10 bits per heavy atom. The summed E-state index contributed by atoms with van der Waals surface area (Å²) in [4.78, 5) is 31.0. The largest absolute Gasteiger partial charge is 0.444 e. The summed E-state index contributed by atoms with van der Waals surface area (Å²) in [5.74, 6) is -0.277. The second-order valence-electron chi connectivity index (χ2n) is 9.05. The average molecular weight is 441 g/mol. The van der Waals surface area contributed by atoms with Gasteiger partial charge in [-0.05, 0) is 64.3 Å². The van der Waals surface area contributed by atoms with E-state index in [4.69, 9.17) is 4.74 Å². The summed E-state index contributed by atoms with van der Waals surface area (Å²) < 4.78 is 43.8. The van der Waals surface area contributed by atoms with Crippen molar-refractivity contribution in [2.24, 2.45) is 0 Å². The Hall–Kier alpha value is -2.29. The van der Waals surface area contributed by atoms with Gasteiger partial charge in [0.25, 0.3) is 5.91 Å². The van der Waals surface area contributed by atoms with Crippen molar-refractivity contribution < 1.29 is 27.5 Å². The molecule has 2 heterocycles. The van der Waals surface area contributed by atoms with Gasteiger partial charge in [-0.2, -0.15) is 13.2 Å². The number of alkyl halides is 3. The molecular formula is C22H30F3N3O3. The van der Waals surface area contributed by atoms with Gasteiger partial charge < -0.3 is 9.64 Å². The molecule has 2 fully saturated rings. The van der Waals surface area contributed by atoms with Crippen molar-refractivity contribution in [3.8, 4) is 0 Å². The van der Waals surface area contributed by atoms with Gasteiger partial charge in [0, 0.05) is 38.3 Å². The number of rotatable bonds is 2. The summed E-state index contributed by atoms with van der Waals surface area (Å²) in [6.07, 6.45) is -2.00. The smallest absolute Gasteiger partial charge is 0.416 e.